The van der Waals surface area contributed by atoms with E-state index in [1.807, 2.05) is 0 Å². The SMILES string of the molecule is Cc1nn(C)c(NC2CCCC(C)C2)c1[N+](=O)[O-]. The molecule has 1 aromatic rings. The molecule has 1 aliphatic rings. The second-order valence-electron chi connectivity index (χ2n) is 5.28. The van der Waals surface area contributed by atoms with Gasteiger partial charge in [0.2, 0.25) is 5.82 Å². The monoisotopic (exact) mass is 252 g/mol. The second-order valence-corrected chi connectivity index (χ2v) is 5.28. The van der Waals surface area contributed by atoms with Crippen LogP contribution in [0.2, 0.25) is 0 Å². The summed E-state index contributed by atoms with van der Waals surface area (Å²) < 4.78 is 1.58. The lowest BCUT2D eigenvalue weighted by Gasteiger charge is -2.27. The highest BCUT2D eigenvalue weighted by Gasteiger charge is 2.27. The number of aromatic nitrogens is 2. The van der Waals surface area contributed by atoms with E-state index in [4.69, 9.17) is 0 Å². The highest BCUT2D eigenvalue weighted by atomic mass is 16.6. The molecule has 2 rings (SSSR count). The third-order valence-corrected chi connectivity index (χ3v) is 3.65. The second kappa shape index (κ2) is 4.96. The highest BCUT2D eigenvalue weighted by Crippen LogP contribution is 2.31. The van der Waals surface area contributed by atoms with Crippen molar-refractivity contribution in [1.82, 2.24) is 9.78 Å². The molecule has 6 nitrogen and oxygen atoms in total. The number of rotatable bonds is 3. The zero-order chi connectivity index (χ0) is 13.3. The van der Waals surface area contributed by atoms with Crippen LogP contribution in [-0.2, 0) is 7.05 Å². The first-order valence-corrected chi connectivity index (χ1v) is 6.43. The van der Waals surface area contributed by atoms with Crippen molar-refractivity contribution >= 4 is 11.5 Å². The summed E-state index contributed by atoms with van der Waals surface area (Å²) >= 11 is 0. The molecule has 1 heterocycles. The van der Waals surface area contributed by atoms with Gasteiger partial charge in [0, 0.05) is 13.1 Å². The summed E-state index contributed by atoms with van der Waals surface area (Å²) in [6.07, 6.45) is 4.58. The molecule has 1 aliphatic carbocycles. The van der Waals surface area contributed by atoms with E-state index in [0.717, 1.165) is 12.8 Å². The van der Waals surface area contributed by atoms with Crippen LogP contribution < -0.4 is 5.32 Å². The zero-order valence-electron chi connectivity index (χ0n) is 11.1. The van der Waals surface area contributed by atoms with Crippen LogP contribution >= 0.6 is 0 Å². The summed E-state index contributed by atoms with van der Waals surface area (Å²) in [7, 11) is 1.74. The Kier molecular flexibility index (Phi) is 3.54. The smallest absolute Gasteiger partial charge is 0.333 e. The van der Waals surface area contributed by atoms with Crippen molar-refractivity contribution in [3.63, 3.8) is 0 Å². The van der Waals surface area contributed by atoms with Crippen molar-refractivity contribution in [2.75, 3.05) is 5.32 Å². The van der Waals surface area contributed by atoms with E-state index in [1.165, 1.54) is 12.8 Å². The maximum absolute atomic E-state index is 11.1. The molecule has 0 aromatic carbocycles. The van der Waals surface area contributed by atoms with Gasteiger partial charge in [-0.1, -0.05) is 19.8 Å². The number of nitrogens with zero attached hydrogens (tertiary/aromatic N) is 3. The summed E-state index contributed by atoms with van der Waals surface area (Å²) in [5.41, 5.74) is 0.574. The zero-order valence-corrected chi connectivity index (χ0v) is 11.1. The highest BCUT2D eigenvalue weighted by molar-refractivity contribution is 5.59. The molecule has 0 bridgehead atoms. The Balaban J connectivity index is 2.20. The molecular formula is C12H20N4O2. The molecule has 0 spiro atoms. The first-order chi connectivity index (χ1) is 8.49. The molecule has 2 atom stereocenters. The predicted molar refractivity (Wildman–Crippen MR) is 69.6 cm³/mol. The molecule has 6 heteroatoms. The van der Waals surface area contributed by atoms with Crippen LogP contribution in [0.3, 0.4) is 0 Å². The lowest BCUT2D eigenvalue weighted by Crippen LogP contribution is -2.27. The van der Waals surface area contributed by atoms with E-state index in [1.54, 1.807) is 18.7 Å². The minimum Gasteiger partial charge on any atom is -0.362 e. The molecular weight excluding hydrogens is 232 g/mol. The van der Waals surface area contributed by atoms with Gasteiger partial charge in [-0.15, -0.1) is 0 Å². The Labute approximate surface area is 107 Å². The number of aryl methyl sites for hydroxylation is 2. The van der Waals surface area contributed by atoms with Crippen LogP contribution in [-0.4, -0.2) is 20.7 Å². The number of nitro groups is 1. The molecule has 100 valence electrons. The standard InChI is InChI=1S/C12H20N4O2/c1-8-5-4-6-10(7-8)13-12-11(16(17)18)9(2)14-15(12)3/h8,10,13H,4-7H2,1-3H3. The average molecular weight is 252 g/mol. The first-order valence-electron chi connectivity index (χ1n) is 6.43. The summed E-state index contributed by atoms with van der Waals surface area (Å²) in [6.45, 7) is 3.91. The average Bonchev–Trinajstić information content (AvgIpc) is 2.53. The summed E-state index contributed by atoms with van der Waals surface area (Å²) in [6, 6.07) is 0.322. The Bertz CT molecular complexity index is 455. The maximum Gasteiger partial charge on any atom is 0.333 e. The van der Waals surface area contributed by atoms with Crippen molar-refractivity contribution in [2.24, 2.45) is 13.0 Å². The van der Waals surface area contributed by atoms with E-state index in [9.17, 15) is 10.1 Å². The molecule has 0 saturated heterocycles. The van der Waals surface area contributed by atoms with Crippen molar-refractivity contribution in [3.05, 3.63) is 15.8 Å². The predicted octanol–water partition coefficient (Wildman–Crippen LogP) is 2.63. The first kappa shape index (κ1) is 12.9. The van der Waals surface area contributed by atoms with Crippen LogP contribution in [0.5, 0.6) is 0 Å². The fourth-order valence-corrected chi connectivity index (χ4v) is 2.79. The van der Waals surface area contributed by atoms with Gasteiger partial charge in [0.15, 0.2) is 0 Å². The van der Waals surface area contributed by atoms with Crippen molar-refractivity contribution in [3.8, 4) is 0 Å². The quantitative estimate of drug-likeness (QED) is 0.663. The van der Waals surface area contributed by atoms with Gasteiger partial charge in [-0.2, -0.15) is 5.10 Å². The van der Waals surface area contributed by atoms with Crippen LogP contribution in [0.15, 0.2) is 0 Å². The molecule has 2 unspecified atom stereocenters. The molecule has 0 radical (unpaired) electrons. The van der Waals surface area contributed by atoms with Gasteiger partial charge in [0.25, 0.3) is 0 Å². The Morgan fingerprint density at radius 3 is 2.83 bits per heavy atom. The van der Waals surface area contributed by atoms with Gasteiger partial charge in [0.05, 0.1) is 4.92 Å². The van der Waals surface area contributed by atoms with Crippen LogP contribution in [0.25, 0.3) is 0 Å². The van der Waals surface area contributed by atoms with Gasteiger partial charge < -0.3 is 5.32 Å². The normalized spacial score (nSPS) is 23.9. The Morgan fingerprint density at radius 1 is 1.50 bits per heavy atom. The maximum atomic E-state index is 11.1. The van der Waals surface area contributed by atoms with Crippen LogP contribution in [0, 0.1) is 23.0 Å². The van der Waals surface area contributed by atoms with Crippen molar-refractivity contribution in [2.45, 2.75) is 45.6 Å². The van der Waals surface area contributed by atoms with Gasteiger partial charge in [0.1, 0.15) is 5.69 Å². The Morgan fingerprint density at radius 2 is 2.22 bits per heavy atom. The molecule has 18 heavy (non-hydrogen) atoms. The number of nitrogens with one attached hydrogen (secondary N) is 1. The lowest BCUT2D eigenvalue weighted by atomic mass is 9.87. The van der Waals surface area contributed by atoms with E-state index < -0.39 is 0 Å². The fourth-order valence-electron chi connectivity index (χ4n) is 2.79. The van der Waals surface area contributed by atoms with E-state index in [2.05, 4.69) is 17.3 Å². The van der Waals surface area contributed by atoms with Crippen molar-refractivity contribution < 1.29 is 4.92 Å². The van der Waals surface area contributed by atoms with E-state index in [0.29, 0.717) is 23.5 Å². The van der Waals surface area contributed by atoms with Gasteiger partial charge in [-0.05, 0) is 25.7 Å². The molecule has 0 aliphatic heterocycles. The summed E-state index contributed by atoms with van der Waals surface area (Å²) in [4.78, 5) is 10.7. The third-order valence-electron chi connectivity index (χ3n) is 3.65. The van der Waals surface area contributed by atoms with Gasteiger partial charge in [-0.3, -0.25) is 10.1 Å². The lowest BCUT2D eigenvalue weighted by molar-refractivity contribution is -0.384. The van der Waals surface area contributed by atoms with E-state index in [-0.39, 0.29) is 10.6 Å². The van der Waals surface area contributed by atoms with Gasteiger partial charge >= 0.3 is 5.69 Å². The molecule has 1 aromatic heterocycles. The van der Waals surface area contributed by atoms with Crippen LogP contribution in [0.1, 0.15) is 38.3 Å². The number of hydrogen-bond acceptors (Lipinski definition) is 4. The molecule has 1 fully saturated rings. The minimum absolute atomic E-state index is 0.107. The largest absolute Gasteiger partial charge is 0.362 e. The summed E-state index contributed by atoms with van der Waals surface area (Å²) in [5, 5.41) is 18.5. The number of hydrogen-bond donors (Lipinski definition) is 1. The molecule has 1 N–H and O–H groups in total. The minimum atomic E-state index is -0.350. The van der Waals surface area contributed by atoms with Crippen molar-refractivity contribution in [1.29, 1.82) is 0 Å². The summed E-state index contributed by atoms with van der Waals surface area (Å²) in [5.74, 6) is 1.22. The fraction of sp³-hybridized carbons (Fsp3) is 0.750. The molecule has 0 amide bonds. The van der Waals surface area contributed by atoms with E-state index >= 15 is 0 Å². The van der Waals surface area contributed by atoms with Gasteiger partial charge in [-0.25, -0.2) is 4.68 Å². The Hall–Kier alpha value is -1.59. The number of anilines is 1. The molecule has 1 saturated carbocycles. The topological polar surface area (TPSA) is 73.0 Å². The third kappa shape index (κ3) is 2.47. The van der Waals surface area contributed by atoms with Crippen LogP contribution in [0.4, 0.5) is 11.5 Å².